The Balaban J connectivity index is 1.93. The first-order valence-corrected chi connectivity index (χ1v) is 14.3. The lowest BCUT2D eigenvalue weighted by molar-refractivity contribution is 0.413. The van der Waals surface area contributed by atoms with Crippen LogP contribution in [-0.4, -0.2) is 15.3 Å². The summed E-state index contributed by atoms with van der Waals surface area (Å²) in [7, 11) is 0. The highest BCUT2D eigenvalue weighted by Gasteiger charge is 2.28. The molecule has 1 aliphatic carbocycles. The Morgan fingerprint density at radius 2 is 1.38 bits per heavy atom. The van der Waals surface area contributed by atoms with Crippen LogP contribution in [0.1, 0.15) is 128 Å². The maximum Gasteiger partial charge on any atom is 0.119 e. The zero-order valence-corrected chi connectivity index (χ0v) is 23.1. The third kappa shape index (κ3) is 5.81. The van der Waals surface area contributed by atoms with Gasteiger partial charge in [-0.2, -0.15) is 0 Å². The van der Waals surface area contributed by atoms with Crippen LogP contribution in [0.5, 0.6) is 17.2 Å². The molecule has 0 spiro atoms. The van der Waals surface area contributed by atoms with Crippen molar-refractivity contribution < 1.29 is 15.3 Å². The molecule has 2 unspecified atom stereocenters. The summed E-state index contributed by atoms with van der Waals surface area (Å²) in [5.41, 5.74) is 7.12. The van der Waals surface area contributed by atoms with Crippen molar-refractivity contribution in [2.24, 2.45) is 0 Å². The summed E-state index contributed by atoms with van der Waals surface area (Å²) in [6, 6.07) is 15.8. The molecular weight excluding hydrogens is 456 g/mol. The molecule has 1 aliphatic rings. The Bertz CT molecular complexity index is 1210. The van der Waals surface area contributed by atoms with Crippen molar-refractivity contribution in [3.05, 3.63) is 87.5 Å². The van der Waals surface area contributed by atoms with Crippen molar-refractivity contribution in [1.82, 2.24) is 0 Å². The van der Waals surface area contributed by atoms with E-state index < -0.39 is 0 Å². The van der Waals surface area contributed by atoms with E-state index in [4.69, 9.17) is 0 Å². The van der Waals surface area contributed by atoms with Crippen LogP contribution in [-0.2, 0) is 0 Å². The van der Waals surface area contributed by atoms with Gasteiger partial charge >= 0.3 is 0 Å². The van der Waals surface area contributed by atoms with Crippen LogP contribution in [0, 0.1) is 13.8 Å². The zero-order valence-electron chi connectivity index (χ0n) is 23.1. The summed E-state index contributed by atoms with van der Waals surface area (Å²) >= 11 is 0. The number of phenols is 3. The number of phenolic OH excluding ortho intramolecular Hbond substituents is 3. The van der Waals surface area contributed by atoms with Gasteiger partial charge in [-0.1, -0.05) is 76.3 Å². The lowest BCUT2D eigenvalue weighted by Crippen LogP contribution is -2.12. The number of para-hydroxylation sites is 1. The molecule has 3 nitrogen and oxygen atoms in total. The fourth-order valence-electron chi connectivity index (χ4n) is 6.41. The fraction of sp³-hybridized carbons (Fsp3) is 0.471. The summed E-state index contributed by atoms with van der Waals surface area (Å²) < 4.78 is 0. The first-order chi connectivity index (χ1) is 17.8. The zero-order chi connectivity index (χ0) is 26.5. The molecule has 3 aromatic carbocycles. The number of rotatable bonds is 9. The number of hydrogen-bond acceptors (Lipinski definition) is 3. The van der Waals surface area contributed by atoms with Crippen LogP contribution in [0.2, 0.25) is 0 Å². The van der Waals surface area contributed by atoms with Crippen molar-refractivity contribution in [3.63, 3.8) is 0 Å². The molecule has 1 saturated carbocycles. The largest absolute Gasteiger partial charge is 0.508 e. The molecule has 0 amide bonds. The Labute approximate surface area is 223 Å². The number of benzene rings is 3. The topological polar surface area (TPSA) is 60.7 Å². The molecule has 4 rings (SSSR count). The van der Waals surface area contributed by atoms with Crippen molar-refractivity contribution in [2.45, 2.75) is 103 Å². The highest BCUT2D eigenvalue weighted by Crippen LogP contribution is 2.46. The maximum atomic E-state index is 11.1. The highest BCUT2D eigenvalue weighted by atomic mass is 16.3. The van der Waals surface area contributed by atoms with Gasteiger partial charge in [0, 0.05) is 11.5 Å². The maximum absolute atomic E-state index is 11.1. The minimum Gasteiger partial charge on any atom is -0.508 e. The molecule has 1 fully saturated rings. The van der Waals surface area contributed by atoms with E-state index in [-0.39, 0.29) is 11.7 Å². The number of hydrogen-bond donors (Lipinski definition) is 3. The number of aromatic hydroxyl groups is 3. The van der Waals surface area contributed by atoms with Gasteiger partial charge in [0.15, 0.2) is 0 Å². The van der Waals surface area contributed by atoms with E-state index in [1.54, 1.807) is 6.07 Å². The standard InChI is InChI=1S/C34H44O3/c1-5-7-13-24(6-2)29-20-27(22(3)18-32(29)36)34(26-16-11-12-17-31(26)35)28-21-30(33(37)19-23(28)4)25-14-9-8-10-15-25/h11-12,16-21,24-25,34-37H,5-10,13-15H2,1-4H3. The molecule has 2 atom stereocenters. The van der Waals surface area contributed by atoms with Gasteiger partial charge in [-0.15, -0.1) is 0 Å². The number of unbranched alkanes of at least 4 members (excludes halogenated alkanes) is 1. The highest BCUT2D eigenvalue weighted by molar-refractivity contribution is 5.57. The Hall–Kier alpha value is -2.94. The van der Waals surface area contributed by atoms with Gasteiger partial charge in [0.05, 0.1) is 0 Å². The second-order valence-corrected chi connectivity index (χ2v) is 11.1. The molecular formula is C34H44O3. The average molecular weight is 501 g/mol. The van der Waals surface area contributed by atoms with Crippen LogP contribution in [0.3, 0.4) is 0 Å². The molecule has 3 heteroatoms. The molecule has 0 aliphatic heterocycles. The SMILES string of the molecule is CCCCC(CC)c1cc(C(c2cc(C3CCCCC3)c(O)cc2C)c2ccccc2O)c(C)cc1O. The Morgan fingerprint density at radius 1 is 0.730 bits per heavy atom. The van der Waals surface area contributed by atoms with Crippen molar-refractivity contribution in [3.8, 4) is 17.2 Å². The number of aryl methyl sites for hydroxylation is 2. The molecule has 3 aromatic rings. The predicted octanol–water partition coefficient (Wildman–Crippen LogP) is 9.33. The minimum atomic E-state index is -0.202. The van der Waals surface area contributed by atoms with Crippen molar-refractivity contribution >= 4 is 0 Å². The molecule has 0 bridgehead atoms. The normalized spacial score (nSPS) is 16.0. The summed E-state index contributed by atoms with van der Waals surface area (Å²) in [6.45, 7) is 8.51. The quantitative estimate of drug-likeness (QED) is 0.256. The van der Waals surface area contributed by atoms with Crippen molar-refractivity contribution in [1.29, 1.82) is 0 Å². The molecule has 3 N–H and O–H groups in total. The molecule has 0 heterocycles. The lowest BCUT2D eigenvalue weighted by Gasteiger charge is -2.28. The summed E-state index contributed by atoms with van der Waals surface area (Å²) in [4.78, 5) is 0. The predicted molar refractivity (Wildman–Crippen MR) is 153 cm³/mol. The van der Waals surface area contributed by atoms with Crippen LogP contribution >= 0.6 is 0 Å². The van der Waals surface area contributed by atoms with Crippen LogP contribution in [0.25, 0.3) is 0 Å². The monoisotopic (exact) mass is 500 g/mol. The third-order valence-corrected chi connectivity index (χ3v) is 8.58. The van der Waals surface area contributed by atoms with Gasteiger partial charge in [0.2, 0.25) is 0 Å². The van der Waals surface area contributed by atoms with E-state index in [0.717, 1.165) is 77.5 Å². The van der Waals surface area contributed by atoms with E-state index in [0.29, 0.717) is 23.3 Å². The summed E-state index contributed by atoms with van der Waals surface area (Å²) in [5.74, 6) is 1.48. The van der Waals surface area contributed by atoms with E-state index in [2.05, 4.69) is 39.8 Å². The first kappa shape index (κ1) is 27.1. The summed E-state index contributed by atoms with van der Waals surface area (Å²) in [6.07, 6.45) is 10.2. The summed E-state index contributed by atoms with van der Waals surface area (Å²) in [5, 5.41) is 33.1. The molecule has 0 aromatic heterocycles. The third-order valence-electron chi connectivity index (χ3n) is 8.58. The molecule has 0 radical (unpaired) electrons. The Kier molecular flexibility index (Phi) is 8.84. The Morgan fingerprint density at radius 3 is 2.03 bits per heavy atom. The van der Waals surface area contributed by atoms with E-state index >= 15 is 0 Å². The average Bonchev–Trinajstić information content (AvgIpc) is 2.89. The van der Waals surface area contributed by atoms with Gasteiger partial charge in [0.25, 0.3) is 0 Å². The molecule has 0 saturated heterocycles. The molecule has 37 heavy (non-hydrogen) atoms. The minimum absolute atomic E-state index is 0.202. The van der Waals surface area contributed by atoms with Gasteiger partial charge in [-0.25, -0.2) is 0 Å². The lowest BCUT2D eigenvalue weighted by atomic mass is 9.76. The fourth-order valence-corrected chi connectivity index (χ4v) is 6.41. The van der Waals surface area contributed by atoms with Crippen LogP contribution in [0.4, 0.5) is 0 Å². The van der Waals surface area contributed by atoms with Crippen LogP contribution in [0.15, 0.2) is 48.5 Å². The second kappa shape index (κ2) is 12.1. The molecule has 198 valence electrons. The second-order valence-electron chi connectivity index (χ2n) is 11.1. The smallest absolute Gasteiger partial charge is 0.119 e. The van der Waals surface area contributed by atoms with E-state index in [1.165, 1.54) is 19.3 Å². The van der Waals surface area contributed by atoms with Gasteiger partial charge < -0.3 is 15.3 Å². The van der Waals surface area contributed by atoms with Crippen LogP contribution < -0.4 is 0 Å². The van der Waals surface area contributed by atoms with E-state index in [9.17, 15) is 15.3 Å². The van der Waals surface area contributed by atoms with Gasteiger partial charge in [-0.05, 0) is 103 Å². The van der Waals surface area contributed by atoms with Gasteiger partial charge in [0.1, 0.15) is 17.2 Å². The first-order valence-electron chi connectivity index (χ1n) is 14.3. The van der Waals surface area contributed by atoms with Crippen molar-refractivity contribution in [2.75, 3.05) is 0 Å². The van der Waals surface area contributed by atoms with Gasteiger partial charge in [-0.3, -0.25) is 0 Å². The van der Waals surface area contributed by atoms with E-state index in [1.807, 2.05) is 30.3 Å².